The van der Waals surface area contributed by atoms with E-state index >= 15 is 0 Å². The molecule has 1 aliphatic carbocycles. The van der Waals surface area contributed by atoms with Crippen LogP contribution in [-0.2, 0) is 11.6 Å². The Hall–Kier alpha value is -2.30. The highest BCUT2D eigenvalue weighted by molar-refractivity contribution is 5.88. The molecule has 0 aliphatic heterocycles. The topological polar surface area (TPSA) is 27.1 Å². The molecular weight excluding hydrogens is 385 g/mol. The normalized spacial score (nSPS) is 17.5. The summed E-state index contributed by atoms with van der Waals surface area (Å²) >= 11 is 0. The fourth-order valence-corrected chi connectivity index (χ4v) is 4.18. The molecule has 164 valence electrons. The first kappa shape index (κ1) is 24.0. The number of hydrogen-bond donors (Lipinski definition) is 1. The number of benzene rings is 2. The van der Waals surface area contributed by atoms with Crippen LogP contribution >= 0.6 is 0 Å². The predicted octanol–water partition coefficient (Wildman–Crippen LogP) is 7.64. The van der Waals surface area contributed by atoms with Gasteiger partial charge in [-0.3, -0.25) is 0 Å². The molecule has 1 atom stereocenters. The van der Waals surface area contributed by atoms with Crippen LogP contribution in [0.2, 0.25) is 0 Å². The Morgan fingerprint density at radius 2 is 1.70 bits per heavy atom. The van der Waals surface area contributed by atoms with Crippen molar-refractivity contribution in [1.29, 1.82) is 5.41 Å². The maximum Gasteiger partial charge on any atom is 0.417 e. The number of halogens is 3. The number of anilines is 1. The van der Waals surface area contributed by atoms with Crippen molar-refractivity contribution in [2.75, 3.05) is 19.0 Å². The summed E-state index contributed by atoms with van der Waals surface area (Å²) in [7, 11) is 3.64. The largest absolute Gasteiger partial charge is 0.417 e. The van der Waals surface area contributed by atoms with Gasteiger partial charge in [0.25, 0.3) is 0 Å². The van der Waals surface area contributed by atoms with E-state index in [0.29, 0.717) is 16.8 Å². The number of rotatable bonds is 3. The fraction of sp³-hybridized carbons (Fsp3) is 0.480. The molecule has 1 unspecified atom stereocenters. The van der Waals surface area contributed by atoms with Gasteiger partial charge >= 0.3 is 6.18 Å². The Morgan fingerprint density at radius 1 is 1.07 bits per heavy atom. The lowest BCUT2D eigenvalue weighted by Crippen LogP contribution is -2.27. The molecule has 2 aromatic carbocycles. The Bertz CT molecular complexity index is 911. The van der Waals surface area contributed by atoms with Gasteiger partial charge in [0.05, 0.1) is 5.56 Å². The lowest BCUT2D eigenvalue weighted by molar-refractivity contribution is -0.137. The Kier molecular flexibility index (Phi) is 7.05. The highest BCUT2D eigenvalue weighted by atomic mass is 19.4. The van der Waals surface area contributed by atoms with Crippen LogP contribution in [-0.4, -0.2) is 20.3 Å². The molecule has 0 spiro atoms. The lowest BCUT2D eigenvalue weighted by atomic mass is 9.68. The number of fused-ring (bicyclic) bond motifs is 1. The van der Waals surface area contributed by atoms with Gasteiger partial charge in [0.2, 0.25) is 0 Å². The number of nitrogens with one attached hydrogen (secondary N) is 1. The van der Waals surface area contributed by atoms with Crippen molar-refractivity contribution in [3.8, 4) is 11.1 Å². The van der Waals surface area contributed by atoms with Crippen LogP contribution < -0.4 is 4.90 Å². The molecule has 0 saturated heterocycles. The van der Waals surface area contributed by atoms with E-state index in [-0.39, 0.29) is 16.9 Å². The summed E-state index contributed by atoms with van der Waals surface area (Å²) in [6.07, 6.45) is -1.44. The first-order valence-corrected chi connectivity index (χ1v) is 10.5. The molecule has 0 fully saturated rings. The molecule has 0 amide bonds. The van der Waals surface area contributed by atoms with E-state index in [1.165, 1.54) is 12.3 Å². The van der Waals surface area contributed by atoms with E-state index in [9.17, 15) is 13.2 Å². The van der Waals surface area contributed by atoms with E-state index in [1.807, 2.05) is 46.7 Å². The monoisotopic (exact) mass is 418 g/mol. The number of alkyl halides is 3. The van der Waals surface area contributed by atoms with Gasteiger partial charge in [-0.2, -0.15) is 13.2 Å². The fourth-order valence-electron chi connectivity index (χ4n) is 4.18. The van der Waals surface area contributed by atoms with Crippen LogP contribution in [0, 0.1) is 5.41 Å². The second-order valence-electron chi connectivity index (χ2n) is 8.62. The molecule has 1 aliphatic rings. The second-order valence-corrected chi connectivity index (χ2v) is 8.62. The molecule has 2 aromatic rings. The second kappa shape index (κ2) is 8.83. The summed E-state index contributed by atoms with van der Waals surface area (Å²) in [5.41, 5.74) is 2.93. The van der Waals surface area contributed by atoms with Crippen LogP contribution in [0.1, 0.15) is 75.6 Å². The van der Waals surface area contributed by atoms with Gasteiger partial charge in [-0.15, -0.1) is 0 Å². The van der Waals surface area contributed by atoms with Gasteiger partial charge in [-0.1, -0.05) is 40.7 Å². The van der Waals surface area contributed by atoms with Gasteiger partial charge in [-0.25, -0.2) is 0 Å². The third-order valence-electron chi connectivity index (χ3n) is 5.92. The summed E-state index contributed by atoms with van der Waals surface area (Å²) in [6.45, 7) is 10.1. The van der Waals surface area contributed by atoms with Crippen LogP contribution in [0.5, 0.6) is 0 Å². The molecular formula is C25H33F3N2. The van der Waals surface area contributed by atoms with E-state index in [0.717, 1.165) is 24.0 Å². The van der Waals surface area contributed by atoms with Gasteiger partial charge in [0.1, 0.15) is 0 Å². The molecule has 30 heavy (non-hydrogen) atoms. The molecule has 1 N–H and O–H groups in total. The minimum absolute atomic E-state index is 0.197. The van der Waals surface area contributed by atoms with Crippen molar-refractivity contribution in [3.63, 3.8) is 0 Å². The van der Waals surface area contributed by atoms with Crippen LogP contribution in [0.25, 0.3) is 11.1 Å². The van der Waals surface area contributed by atoms with Gasteiger partial charge in [-0.05, 0) is 70.7 Å². The maximum atomic E-state index is 14.1. The Balaban J connectivity index is 0.00000155. The average Bonchev–Trinajstić information content (AvgIpc) is 2.70. The van der Waals surface area contributed by atoms with Crippen molar-refractivity contribution in [3.05, 3.63) is 52.6 Å². The minimum Gasteiger partial charge on any atom is -0.377 e. The number of nitrogens with zero attached hydrogens (tertiary/aromatic N) is 1. The number of hydrogen-bond acceptors (Lipinski definition) is 2. The highest BCUT2D eigenvalue weighted by Crippen LogP contribution is 2.49. The SMILES string of the molecule is CC.CC1CCC(C)(C)c2cc(C(F)(F)F)c(-c3cc(C=N)ccc3N(C)C)cc21. The molecule has 0 heterocycles. The van der Waals surface area contributed by atoms with Gasteiger partial charge in [0, 0.05) is 31.6 Å². The zero-order valence-electron chi connectivity index (χ0n) is 19.0. The van der Waals surface area contributed by atoms with E-state index in [2.05, 4.69) is 6.92 Å². The summed E-state index contributed by atoms with van der Waals surface area (Å²) in [5.74, 6) is 0.220. The summed E-state index contributed by atoms with van der Waals surface area (Å²) < 4.78 is 42.3. The third kappa shape index (κ3) is 4.55. The lowest BCUT2D eigenvalue weighted by Gasteiger charge is -2.37. The quantitative estimate of drug-likeness (QED) is 0.510. The molecule has 2 nitrogen and oxygen atoms in total. The molecule has 0 radical (unpaired) electrons. The first-order valence-electron chi connectivity index (χ1n) is 10.5. The predicted molar refractivity (Wildman–Crippen MR) is 121 cm³/mol. The van der Waals surface area contributed by atoms with Crippen LogP contribution in [0.3, 0.4) is 0 Å². The Labute approximate surface area is 178 Å². The van der Waals surface area contributed by atoms with Crippen molar-refractivity contribution < 1.29 is 13.2 Å². The van der Waals surface area contributed by atoms with Crippen molar-refractivity contribution in [2.24, 2.45) is 0 Å². The Morgan fingerprint density at radius 3 is 2.23 bits per heavy atom. The van der Waals surface area contributed by atoms with E-state index in [4.69, 9.17) is 5.41 Å². The van der Waals surface area contributed by atoms with E-state index in [1.54, 1.807) is 24.3 Å². The first-order chi connectivity index (χ1) is 14.0. The molecule has 5 heteroatoms. The summed E-state index contributed by atoms with van der Waals surface area (Å²) in [6, 6.07) is 8.33. The summed E-state index contributed by atoms with van der Waals surface area (Å²) in [4.78, 5) is 1.82. The van der Waals surface area contributed by atoms with Gasteiger partial charge < -0.3 is 10.3 Å². The van der Waals surface area contributed by atoms with E-state index < -0.39 is 11.7 Å². The highest BCUT2D eigenvalue weighted by Gasteiger charge is 2.39. The molecule has 0 saturated carbocycles. The van der Waals surface area contributed by atoms with Crippen LogP contribution in [0.4, 0.5) is 18.9 Å². The third-order valence-corrected chi connectivity index (χ3v) is 5.92. The average molecular weight is 419 g/mol. The zero-order valence-corrected chi connectivity index (χ0v) is 19.0. The van der Waals surface area contributed by atoms with Crippen molar-refractivity contribution in [2.45, 2.75) is 65.0 Å². The smallest absolute Gasteiger partial charge is 0.377 e. The zero-order chi connectivity index (χ0) is 22.9. The van der Waals surface area contributed by atoms with Crippen LogP contribution in [0.15, 0.2) is 30.3 Å². The maximum absolute atomic E-state index is 14.1. The molecule has 3 rings (SSSR count). The van der Waals surface area contributed by atoms with Crippen molar-refractivity contribution >= 4 is 11.9 Å². The standard InChI is InChI=1S/C23H27F3N2.C2H6/c1-14-8-9-22(2,3)19-12-20(23(24,25)26)17(11-16(14)19)18-10-15(13-27)6-7-21(18)28(4)5;1-2/h6-7,10-14,27H,8-9H2,1-5H3;1-2H3. The summed E-state index contributed by atoms with van der Waals surface area (Å²) in [5, 5.41) is 7.53. The molecule has 0 bridgehead atoms. The van der Waals surface area contributed by atoms with Gasteiger partial charge in [0.15, 0.2) is 0 Å². The minimum atomic E-state index is -4.45. The molecule has 0 aromatic heterocycles. The van der Waals surface area contributed by atoms with Crippen molar-refractivity contribution in [1.82, 2.24) is 0 Å².